The summed E-state index contributed by atoms with van der Waals surface area (Å²) in [5.41, 5.74) is 4.93. The van der Waals surface area contributed by atoms with Gasteiger partial charge in [-0.15, -0.1) is 6.58 Å². The molecule has 0 radical (unpaired) electrons. The average molecular weight is 387 g/mol. The van der Waals surface area contributed by atoms with Gasteiger partial charge in [0.15, 0.2) is 0 Å². The molecule has 2 aromatic carbocycles. The summed E-state index contributed by atoms with van der Waals surface area (Å²) in [4.78, 5) is 0. The van der Waals surface area contributed by atoms with Crippen LogP contribution in [0.1, 0.15) is 67.2 Å². The van der Waals surface area contributed by atoms with Crippen LogP contribution >= 0.6 is 0 Å². The van der Waals surface area contributed by atoms with Crippen LogP contribution in [0.4, 0.5) is 4.39 Å². The minimum atomic E-state index is -0.218. The van der Waals surface area contributed by atoms with E-state index in [9.17, 15) is 4.39 Å². The average Bonchev–Trinajstić information content (AvgIpc) is 2.77. The maximum absolute atomic E-state index is 13.0. The molecule has 0 amide bonds. The lowest BCUT2D eigenvalue weighted by atomic mass is 9.69. The van der Waals surface area contributed by atoms with Crippen LogP contribution in [0.25, 0.3) is 0 Å². The summed E-state index contributed by atoms with van der Waals surface area (Å²) >= 11 is 0. The molecule has 0 N–H and O–H groups in total. The first-order chi connectivity index (χ1) is 14.2. The Morgan fingerprint density at radius 2 is 1.59 bits per heavy atom. The van der Waals surface area contributed by atoms with Gasteiger partial charge in [0.05, 0.1) is 0 Å². The molecule has 1 fully saturated rings. The second kappa shape index (κ2) is 9.45. The van der Waals surface area contributed by atoms with Crippen molar-refractivity contribution in [3.05, 3.63) is 83.2 Å². The van der Waals surface area contributed by atoms with Crippen LogP contribution in [0.15, 0.2) is 55.1 Å². The molecule has 4 rings (SSSR count). The Kier molecular flexibility index (Phi) is 6.50. The number of aryl methyl sites for hydroxylation is 1. The van der Waals surface area contributed by atoms with E-state index in [1.165, 1.54) is 81.0 Å². The monoisotopic (exact) mass is 386 g/mol. The Bertz CT molecular complexity index is 888. The lowest BCUT2D eigenvalue weighted by molar-refractivity contribution is 0.185. The zero-order chi connectivity index (χ0) is 20.1. The lowest BCUT2D eigenvalue weighted by Gasteiger charge is -2.36. The Balaban J connectivity index is 1.36. The third kappa shape index (κ3) is 5.18. The van der Waals surface area contributed by atoms with Gasteiger partial charge in [0.25, 0.3) is 0 Å². The van der Waals surface area contributed by atoms with Crippen molar-refractivity contribution in [3.63, 3.8) is 0 Å². The second-order valence-electron chi connectivity index (χ2n) is 8.89. The summed E-state index contributed by atoms with van der Waals surface area (Å²) in [7, 11) is 0. The van der Waals surface area contributed by atoms with E-state index in [0.29, 0.717) is 0 Å². The second-order valence-corrected chi connectivity index (χ2v) is 8.89. The van der Waals surface area contributed by atoms with Crippen LogP contribution in [0, 0.1) is 35.4 Å². The van der Waals surface area contributed by atoms with E-state index in [2.05, 4.69) is 42.7 Å². The zero-order valence-corrected chi connectivity index (χ0v) is 17.3. The summed E-state index contributed by atoms with van der Waals surface area (Å²) in [6, 6.07) is 13.1. The van der Waals surface area contributed by atoms with Crippen LogP contribution in [-0.2, 0) is 12.8 Å². The van der Waals surface area contributed by atoms with Crippen LogP contribution in [0.3, 0.4) is 0 Å². The molecule has 1 unspecified atom stereocenters. The molecule has 1 heteroatoms. The Labute approximate surface area is 175 Å². The fourth-order valence-electron chi connectivity index (χ4n) is 5.24. The van der Waals surface area contributed by atoms with E-state index in [0.717, 1.165) is 28.9 Å². The number of rotatable bonds is 4. The highest BCUT2D eigenvalue weighted by atomic mass is 19.1. The third-order valence-electron chi connectivity index (χ3n) is 7.01. The van der Waals surface area contributed by atoms with Gasteiger partial charge >= 0.3 is 0 Å². The normalized spacial score (nSPS) is 23.6. The molecule has 1 atom stereocenters. The number of benzene rings is 2. The highest BCUT2D eigenvalue weighted by Gasteiger charge is 2.29. The first kappa shape index (κ1) is 20.0. The van der Waals surface area contributed by atoms with Crippen molar-refractivity contribution < 1.29 is 4.39 Å². The minimum absolute atomic E-state index is 0.218. The van der Waals surface area contributed by atoms with Gasteiger partial charge in [-0.05, 0) is 110 Å². The molecular weight excluding hydrogens is 355 g/mol. The molecule has 2 aliphatic rings. The van der Waals surface area contributed by atoms with E-state index in [1.54, 1.807) is 12.1 Å². The van der Waals surface area contributed by atoms with Gasteiger partial charge in [-0.1, -0.05) is 36.8 Å². The molecule has 2 aromatic rings. The van der Waals surface area contributed by atoms with Gasteiger partial charge in [0.1, 0.15) is 5.82 Å². The van der Waals surface area contributed by atoms with Crippen LogP contribution in [-0.4, -0.2) is 0 Å². The lowest BCUT2D eigenvalue weighted by Crippen LogP contribution is -2.26. The number of allylic oxidation sites excluding steroid dienone is 1. The third-order valence-corrected chi connectivity index (χ3v) is 7.01. The Hall–Kier alpha value is -2.33. The van der Waals surface area contributed by atoms with Crippen molar-refractivity contribution in [1.82, 2.24) is 0 Å². The molecular formula is C28H31F. The van der Waals surface area contributed by atoms with Crippen molar-refractivity contribution in [2.75, 3.05) is 0 Å². The van der Waals surface area contributed by atoms with E-state index in [-0.39, 0.29) is 5.82 Å². The van der Waals surface area contributed by atoms with Gasteiger partial charge < -0.3 is 0 Å². The molecule has 1 saturated carbocycles. The number of hydrogen-bond donors (Lipinski definition) is 0. The standard InChI is InChI=1S/C28H31F/c1-2-3-4-21-7-12-24(13-8-21)26-16-15-25-19-23(9-14-27(25)20-26)6-5-22-10-17-28(29)18-11-22/h2,9-11,14,17-19,21,24,26H,1,3-4,7-8,12-13,15-16,20H2. The van der Waals surface area contributed by atoms with E-state index >= 15 is 0 Å². The summed E-state index contributed by atoms with van der Waals surface area (Å²) in [6.07, 6.45) is 14.0. The Morgan fingerprint density at radius 1 is 0.862 bits per heavy atom. The fraction of sp³-hybridized carbons (Fsp3) is 0.429. The molecule has 150 valence electrons. The van der Waals surface area contributed by atoms with Crippen molar-refractivity contribution in [2.24, 2.45) is 17.8 Å². The molecule has 0 nitrogen and oxygen atoms in total. The fourth-order valence-corrected chi connectivity index (χ4v) is 5.24. The molecule has 0 saturated heterocycles. The maximum atomic E-state index is 13.0. The van der Waals surface area contributed by atoms with Crippen molar-refractivity contribution >= 4 is 0 Å². The van der Waals surface area contributed by atoms with E-state index in [1.807, 2.05) is 0 Å². The first-order valence-electron chi connectivity index (χ1n) is 11.2. The first-order valence-corrected chi connectivity index (χ1v) is 11.2. The molecule has 0 aromatic heterocycles. The highest BCUT2D eigenvalue weighted by molar-refractivity contribution is 5.46. The highest BCUT2D eigenvalue weighted by Crippen LogP contribution is 2.40. The van der Waals surface area contributed by atoms with Gasteiger partial charge in [0.2, 0.25) is 0 Å². The predicted molar refractivity (Wildman–Crippen MR) is 119 cm³/mol. The van der Waals surface area contributed by atoms with Gasteiger partial charge in [0, 0.05) is 11.1 Å². The summed E-state index contributed by atoms with van der Waals surface area (Å²) in [5.74, 6) is 8.89. The van der Waals surface area contributed by atoms with E-state index in [4.69, 9.17) is 0 Å². The van der Waals surface area contributed by atoms with Crippen molar-refractivity contribution in [2.45, 2.75) is 57.8 Å². The molecule has 29 heavy (non-hydrogen) atoms. The summed E-state index contributed by atoms with van der Waals surface area (Å²) in [5, 5.41) is 0. The topological polar surface area (TPSA) is 0 Å². The minimum Gasteiger partial charge on any atom is -0.207 e. The zero-order valence-electron chi connectivity index (χ0n) is 17.3. The largest absolute Gasteiger partial charge is 0.207 e. The van der Waals surface area contributed by atoms with Crippen LogP contribution in [0.2, 0.25) is 0 Å². The SMILES string of the molecule is C=CCCC1CCC(C2CCc3cc(C#Cc4ccc(F)cc4)ccc3C2)CC1. The molecule has 2 aliphatic carbocycles. The number of hydrogen-bond acceptors (Lipinski definition) is 0. The molecule has 0 spiro atoms. The smallest absolute Gasteiger partial charge is 0.123 e. The maximum Gasteiger partial charge on any atom is 0.123 e. The van der Waals surface area contributed by atoms with Crippen LogP contribution < -0.4 is 0 Å². The van der Waals surface area contributed by atoms with Crippen molar-refractivity contribution in [1.29, 1.82) is 0 Å². The van der Waals surface area contributed by atoms with Crippen LogP contribution in [0.5, 0.6) is 0 Å². The quantitative estimate of drug-likeness (QED) is 0.388. The van der Waals surface area contributed by atoms with Gasteiger partial charge in [-0.25, -0.2) is 4.39 Å². The van der Waals surface area contributed by atoms with Gasteiger partial charge in [-0.3, -0.25) is 0 Å². The summed E-state index contributed by atoms with van der Waals surface area (Å²) in [6.45, 7) is 3.87. The summed E-state index contributed by atoms with van der Waals surface area (Å²) < 4.78 is 13.0. The van der Waals surface area contributed by atoms with Gasteiger partial charge in [-0.2, -0.15) is 0 Å². The van der Waals surface area contributed by atoms with Crippen molar-refractivity contribution in [3.8, 4) is 11.8 Å². The molecule has 0 aliphatic heterocycles. The Morgan fingerprint density at radius 3 is 2.34 bits per heavy atom. The predicted octanol–water partition coefficient (Wildman–Crippen LogP) is 7.10. The molecule has 0 bridgehead atoms. The van der Waals surface area contributed by atoms with E-state index < -0.39 is 0 Å². The molecule has 0 heterocycles. The number of fused-ring (bicyclic) bond motifs is 1. The number of halogens is 1.